The summed E-state index contributed by atoms with van der Waals surface area (Å²) in [4.78, 5) is 4.22. The molecule has 1 atom stereocenters. The van der Waals surface area contributed by atoms with Crippen LogP contribution in [-0.2, 0) is 10.0 Å². The highest BCUT2D eigenvalue weighted by atomic mass is 32.2. The van der Waals surface area contributed by atoms with Crippen LogP contribution >= 0.6 is 0 Å². The van der Waals surface area contributed by atoms with Crippen LogP contribution in [0.2, 0.25) is 0 Å². The van der Waals surface area contributed by atoms with E-state index >= 15 is 0 Å². The topological polar surface area (TPSA) is 72.7 Å². The van der Waals surface area contributed by atoms with Crippen molar-refractivity contribution in [1.29, 1.82) is 0 Å². The molecule has 1 unspecified atom stereocenters. The maximum absolute atomic E-state index is 11.4. The van der Waals surface area contributed by atoms with Crippen molar-refractivity contribution >= 4 is 15.7 Å². The summed E-state index contributed by atoms with van der Waals surface area (Å²) in [5, 5.41) is 0. The summed E-state index contributed by atoms with van der Waals surface area (Å²) in [6, 6.07) is 15.0. The number of benzene rings is 1. The summed E-state index contributed by atoms with van der Waals surface area (Å²) in [6.07, 6.45) is 4.18. The van der Waals surface area contributed by atoms with Gasteiger partial charge in [0.25, 0.3) is 0 Å². The quantitative estimate of drug-likeness (QED) is 0.750. The molecule has 23 heavy (non-hydrogen) atoms. The predicted octanol–water partition coefficient (Wildman–Crippen LogP) is 2.00. The fourth-order valence-corrected chi connectivity index (χ4v) is 2.74. The number of aromatic nitrogens is 2. The van der Waals surface area contributed by atoms with Crippen LogP contribution in [0.4, 0.5) is 0 Å². The number of ether oxygens (including phenoxy) is 1. The molecule has 2 aromatic heterocycles. The lowest BCUT2D eigenvalue weighted by Crippen LogP contribution is -2.30. The molecule has 0 saturated carbocycles. The van der Waals surface area contributed by atoms with Crippen molar-refractivity contribution in [3.63, 3.8) is 0 Å². The Hall–Kier alpha value is -2.38. The average molecular weight is 331 g/mol. The lowest BCUT2D eigenvalue weighted by Gasteiger charge is -2.20. The van der Waals surface area contributed by atoms with Gasteiger partial charge in [-0.15, -0.1) is 0 Å². The van der Waals surface area contributed by atoms with Crippen LogP contribution in [0, 0.1) is 0 Å². The van der Waals surface area contributed by atoms with Gasteiger partial charge in [-0.2, -0.15) is 0 Å². The van der Waals surface area contributed by atoms with Gasteiger partial charge >= 0.3 is 0 Å². The van der Waals surface area contributed by atoms with Crippen molar-refractivity contribution in [3.8, 4) is 5.88 Å². The number of rotatable bonds is 6. The summed E-state index contributed by atoms with van der Waals surface area (Å²) in [5.74, 6) is 0.601. The Morgan fingerprint density at radius 2 is 1.96 bits per heavy atom. The zero-order chi connectivity index (χ0) is 16.3. The lowest BCUT2D eigenvalue weighted by atomic mass is 10.1. The van der Waals surface area contributed by atoms with E-state index in [1.807, 2.05) is 52.9 Å². The molecule has 1 aromatic carbocycles. The Morgan fingerprint density at radius 1 is 1.17 bits per heavy atom. The van der Waals surface area contributed by atoms with Crippen LogP contribution in [0.1, 0.15) is 11.7 Å². The van der Waals surface area contributed by atoms with Gasteiger partial charge in [-0.1, -0.05) is 36.4 Å². The Kier molecular flexibility index (Phi) is 4.31. The number of nitrogens with zero attached hydrogens (tertiary/aromatic N) is 2. The third-order valence-electron chi connectivity index (χ3n) is 3.36. The van der Waals surface area contributed by atoms with E-state index in [2.05, 4.69) is 9.71 Å². The highest BCUT2D eigenvalue weighted by Gasteiger charge is 2.17. The van der Waals surface area contributed by atoms with Gasteiger partial charge in [0.1, 0.15) is 11.8 Å². The Balaban J connectivity index is 1.90. The minimum atomic E-state index is -3.30. The van der Waals surface area contributed by atoms with E-state index in [-0.39, 0.29) is 6.54 Å². The first-order valence-corrected chi connectivity index (χ1v) is 9.00. The van der Waals surface area contributed by atoms with Crippen molar-refractivity contribution in [2.75, 3.05) is 12.8 Å². The monoisotopic (exact) mass is 331 g/mol. The molecule has 0 aliphatic rings. The summed E-state index contributed by atoms with van der Waals surface area (Å²) in [6.45, 7) is 0.147. The van der Waals surface area contributed by atoms with E-state index in [1.54, 1.807) is 12.4 Å². The molecule has 0 spiro atoms. The van der Waals surface area contributed by atoms with Crippen LogP contribution in [0.25, 0.3) is 5.65 Å². The van der Waals surface area contributed by atoms with Crippen molar-refractivity contribution in [1.82, 2.24) is 14.1 Å². The molecule has 0 radical (unpaired) electrons. The third kappa shape index (κ3) is 3.88. The van der Waals surface area contributed by atoms with Gasteiger partial charge in [0, 0.05) is 12.4 Å². The predicted molar refractivity (Wildman–Crippen MR) is 87.8 cm³/mol. The van der Waals surface area contributed by atoms with Crippen LogP contribution < -0.4 is 9.46 Å². The van der Waals surface area contributed by atoms with Crippen LogP contribution in [0.15, 0.2) is 60.9 Å². The first-order chi connectivity index (χ1) is 11.0. The molecule has 3 rings (SSSR count). The highest BCUT2D eigenvalue weighted by Crippen LogP contribution is 2.22. The molecule has 0 bridgehead atoms. The Morgan fingerprint density at radius 3 is 2.70 bits per heavy atom. The number of hydrogen-bond donors (Lipinski definition) is 1. The molecule has 1 N–H and O–H groups in total. The molecular weight excluding hydrogens is 314 g/mol. The summed E-state index contributed by atoms with van der Waals surface area (Å²) < 4.78 is 33.2. The van der Waals surface area contributed by atoms with Gasteiger partial charge in [-0.25, -0.2) is 18.1 Å². The van der Waals surface area contributed by atoms with E-state index in [1.165, 1.54) is 0 Å². The van der Waals surface area contributed by atoms with Gasteiger partial charge in [0.2, 0.25) is 10.0 Å². The van der Waals surface area contributed by atoms with Crippen LogP contribution in [0.3, 0.4) is 0 Å². The number of sulfonamides is 1. The molecule has 120 valence electrons. The molecule has 3 aromatic rings. The standard InChI is InChI=1S/C16H17N3O3S/c1-23(20,21)18-12-14(13-6-3-2-4-7-13)22-16-9-5-8-15-17-10-11-19(15)16/h2-11,14,18H,12H2,1H3. The van der Waals surface area contributed by atoms with Crippen molar-refractivity contribution < 1.29 is 13.2 Å². The minimum absolute atomic E-state index is 0.147. The van der Waals surface area contributed by atoms with Crippen LogP contribution in [-0.4, -0.2) is 30.6 Å². The normalized spacial score (nSPS) is 13.1. The molecular formula is C16H17N3O3S. The van der Waals surface area contributed by atoms with E-state index in [0.29, 0.717) is 5.88 Å². The van der Waals surface area contributed by atoms with E-state index in [0.717, 1.165) is 17.5 Å². The molecule has 0 fully saturated rings. The van der Waals surface area contributed by atoms with Gasteiger partial charge in [-0.05, 0) is 17.7 Å². The average Bonchev–Trinajstić information content (AvgIpc) is 3.01. The van der Waals surface area contributed by atoms with Gasteiger partial charge in [0.05, 0.1) is 12.8 Å². The SMILES string of the molecule is CS(=O)(=O)NCC(Oc1cccc2nccn12)c1ccccc1. The van der Waals surface area contributed by atoms with Gasteiger partial charge < -0.3 is 4.74 Å². The molecule has 0 aliphatic heterocycles. The van der Waals surface area contributed by atoms with E-state index in [4.69, 9.17) is 4.74 Å². The van der Waals surface area contributed by atoms with Crippen molar-refractivity contribution in [2.24, 2.45) is 0 Å². The number of fused-ring (bicyclic) bond motifs is 1. The number of hydrogen-bond acceptors (Lipinski definition) is 4. The highest BCUT2D eigenvalue weighted by molar-refractivity contribution is 7.88. The van der Waals surface area contributed by atoms with E-state index in [9.17, 15) is 8.42 Å². The number of nitrogens with one attached hydrogen (secondary N) is 1. The minimum Gasteiger partial charge on any atom is -0.469 e. The second-order valence-corrected chi connectivity index (χ2v) is 6.99. The maximum atomic E-state index is 11.4. The van der Waals surface area contributed by atoms with Crippen LogP contribution in [0.5, 0.6) is 5.88 Å². The number of pyridine rings is 1. The zero-order valence-corrected chi connectivity index (χ0v) is 13.4. The fourth-order valence-electron chi connectivity index (χ4n) is 2.29. The summed E-state index contributed by atoms with van der Waals surface area (Å²) in [7, 11) is -3.30. The summed E-state index contributed by atoms with van der Waals surface area (Å²) >= 11 is 0. The Bertz CT molecular complexity index is 891. The molecule has 0 saturated heterocycles. The Labute approximate surface area is 134 Å². The number of imidazole rings is 1. The first-order valence-electron chi connectivity index (χ1n) is 7.11. The van der Waals surface area contributed by atoms with E-state index < -0.39 is 16.1 Å². The second kappa shape index (κ2) is 6.39. The molecule has 6 nitrogen and oxygen atoms in total. The fraction of sp³-hybridized carbons (Fsp3) is 0.188. The first kappa shape index (κ1) is 15.5. The van der Waals surface area contributed by atoms with Crippen molar-refractivity contribution in [3.05, 3.63) is 66.5 Å². The molecule has 0 aliphatic carbocycles. The zero-order valence-electron chi connectivity index (χ0n) is 12.6. The largest absolute Gasteiger partial charge is 0.469 e. The van der Waals surface area contributed by atoms with Gasteiger partial charge in [-0.3, -0.25) is 4.40 Å². The van der Waals surface area contributed by atoms with Gasteiger partial charge in [0.15, 0.2) is 5.88 Å². The maximum Gasteiger partial charge on any atom is 0.208 e. The summed E-state index contributed by atoms with van der Waals surface area (Å²) in [5.41, 5.74) is 1.66. The molecule has 7 heteroatoms. The third-order valence-corrected chi connectivity index (χ3v) is 4.05. The molecule has 0 amide bonds. The molecule has 2 heterocycles. The lowest BCUT2D eigenvalue weighted by molar-refractivity contribution is 0.198. The van der Waals surface area contributed by atoms with Crippen molar-refractivity contribution in [2.45, 2.75) is 6.10 Å². The second-order valence-electron chi connectivity index (χ2n) is 5.16. The smallest absolute Gasteiger partial charge is 0.208 e.